The SMILES string of the molecule is C/C=C/CC(S)C(=O)O. The number of allylic oxidation sites excluding steroid dienone is 2. The summed E-state index contributed by atoms with van der Waals surface area (Å²) in [4.78, 5) is 10.1. The van der Waals surface area contributed by atoms with E-state index in [1.807, 2.05) is 13.0 Å². The molecule has 0 amide bonds. The smallest absolute Gasteiger partial charge is 0.316 e. The molecule has 0 fully saturated rings. The first kappa shape index (κ1) is 8.56. The molecule has 0 saturated heterocycles. The predicted molar refractivity (Wildman–Crippen MR) is 39.8 cm³/mol. The van der Waals surface area contributed by atoms with Gasteiger partial charge in [0, 0.05) is 0 Å². The van der Waals surface area contributed by atoms with Crippen molar-refractivity contribution in [1.29, 1.82) is 0 Å². The number of rotatable bonds is 3. The van der Waals surface area contributed by atoms with Crippen LogP contribution in [0.25, 0.3) is 0 Å². The molecular formula is C6H10O2S. The monoisotopic (exact) mass is 146 g/mol. The van der Waals surface area contributed by atoms with Crippen molar-refractivity contribution in [2.45, 2.75) is 18.6 Å². The van der Waals surface area contributed by atoms with Crippen LogP contribution in [0.2, 0.25) is 0 Å². The summed E-state index contributed by atoms with van der Waals surface area (Å²) in [6.07, 6.45) is 4.09. The van der Waals surface area contributed by atoms with E-state index in [2.05, 4.69) is 12.6 Å². The van der Waals surface area contributed by atoms with Gasteiger partial charge in [-0.2, -0.15) is 12.6 Å². The van der Waals surface area contributed by atoms with Gasteiger partial charge in [0.15, 0.2) is 0 Å². The maximum Gasteiger partial charge on any atom is 0.316 e. The Balaban J connectivity index is 3.50. The molecule has 0 saturated carbocycles. The third kappa shape index (κ3) is 4.09. The summed E-state index contributed by atoms with van der Waals surface area (Å²) in [7, 11) is 0. The lowest BCUT2D eigenvalue weighted by Gasteiger charge is -1.97. The number of aliphatic carboxylic acids is 1. The summed E-state index contributed by atoms with van der Waals surface area (Å²) < 4.78 is 0. The summed E-state index contributed by atoms with van der Waals surface area (Å²) in [5, 5.41) is 7.74. The highest BCUT2D eigenvalue weighted by Crippen LogP contribution is 2.01. The molecule has 52 valence electrons. The Hall–Kier alpha value is -0.440. The first-order valence-corrected chi connectivity index (χ1v) is 3.22. The predicted octanol–water partition coefficient (Wildman–Crippen LogP) is 1.34. The summed E-state index contributed by atoms with van der Waals surface area (Å²) in [6.45, 7) is 1.85. The lowest BCUT2D eigenvalue weighted by Crippen LogP contribution is -2.11. The van der Waals surface area contributed by atoms with Gasteiger partial charge in [0.05, 0.1) is 0 Å². The summed E-state index contributed by atoms with van der Waals surface area (Å²) in [6, 6.07) is 0. The molecule has 0 aliphatic heterocycles. The van der Waals surface area contributed by atoms with Gasteiger partial charge in [0.2, 0.25) is 0 Å². The van der Waals surface area contributed by atoms with E-state index in [1.165, 1.54) is 0 Å². The third-order valence-electron chi connectivity index (χ3n) is 0.880. The number of carboxylic acids is 1. The minimum Gasteiger partial charge on any atom is -0.480 e. The maximum absolute atomic E-state index is 10.1. The normalized spacial score (nSPS) is 14.0. The van der Waals surface area contributed by atoms with E-state index >= 15 is 0 Å². The van der Waals surface area contributed by atoms with Gasteiger partial charge in [-0.3, -0.25) is 4.79 Å². The van der Waals surface area contributed by atoms with Crippen LogP contribution in [0.1, 0.15) is 13.3 Å². The van der Waals surface area contributed by atoms with Gasteiger partial charge in [-0.15, -0.1) is 0 Å². The average molecular weight is 146 g/mol. The zero-order valence-corrected chi connectivity index (χ0v) is 6.14. The zero-order valence-electron chi connectivity index (χ0n) is 5.24. The Morgan fingerprint density at radius 2 is 2.44 bits per heavy atom. The summed E-state index contributed by atoms with van der Waals surface area (Å²) >= 11 is 3.81. The van der Waals surface area contributed by atoms with E-state index < -0.39 is 11.2 Å². The van der Waals surface area contributed by atoms with Crippen LogP contribution in [0, 0.1) is 0 Å². The minimum atomic E-state index is -0.864. The van der Waals surface area contributed by atoms with Crippen LogP contribution in [0.3, 0.4) is 0 Å². The standard InChI is InChI=1S/C6H10O2S/c1-2-3-4-5(9)6(7)8/h2-3,5,9H,4H2,1H3,(H,7,8)/b3-2+. The van der Waals surface area contributed by atoms with Crippen LogP contribution >= 0.6 is 12.6 Å². The van der Waals surface area contributed by atoms with Crippen molar-refractivity contribution < 1.29 is 9.90 Å². The summed E-state index contributed by atoms with van der Waals surface area (Å²) in [5.74, 6) is -0.864. The van der Waals surface area contributed by atoms with E-state index in [0.29, 0.717) is 6.42 Å². The van der Waals surface area contributed by atoms with E-state index in [-0.39, 0.29) is 0 Å². The van der Waals surface area contributed by atoms with Gasteiger partial charge in [-0.25, -0.2) is 0 Å². The topological polar surface area (TPSA) is 37.3 Å². The molecule has 1 unspecified atom stereocenters. The van der Waals surface area contributed by atoms with Crippen LogP contribution in [0.5, 0.6) is 0 Å². The second-order valence-corrected chi connectivity index (χ2v) is 2.28. The number of carboxylic acid groups (broad SMARTS) is 1. The quantitative estimate of drug-likeness (QED) is 0.465. The van der Waals surface area contributed by atoms with Crippen molar-refractivity contribution in [3.8, 4) is 0 Å². The zero-order chi connectivity index (χ0) is 7.28. The molecule has 0 heterocycles. The molecule has 0 aromatic carbocycles. The number of thiol groups is 1. The highest BCUT2D eigenvalue weighted by Gasteiger charge is 2.07. The van der Waals surface area contributed by atoms with Gasteiger partial charge in [0.1, 0.15) is 5.25 Å². The van der Waals surface area contributed by atoms with Gasteiger partial charge in [-0.05, 0) is 13.3 Å². The van der Waals surface area contributed by atoms with E-state index in [9.17, 15) is 4.79 Å². The van der Waals surface area contributed by atoms with E-state index in [1.54, 1.807) is 6.08 Å². The fourth-order valence-electron chi connectivity index (χ4n) is 0.366. The maximum atomic E-state index is 10.1. The lowest BCUT2D eigenvalue weighted by atomic mass is 10.3. The molecule has 0 aliphatic carbocycles. The highest BCUT2D eigenvalue weighted by atomic mass is 32.1. The van der Waals surface area contributed by atoms with Crippen molar-refractivity contribution in [2.24, 2.45) is 0 Å². The minimum absolute atomic E-state index is 0.495. The molecular weight excluding hydrogens is 136 g/mol. The first-order chi connectivity index (χ1) is 4.18. The van der Waals surface area contributed by atoms with Gasteiger partial charge >= 0.3 is 5.97 Å². The summed E-state index contributed by atoms with van der Waals surface area (Å²) in [5.41, 5.74) is 0. The third-order valence-corrected chi connectivity index (χ3v) is 1.31. The molecule has 0 bridgehead atoms. The fourth-order valence-corrected chi connectivity index (χ4v) is 0.488. The van der Waals surface area contributed by atoms with E-state index in [0.717, 1.165) is 0 Å². The van der Waals surface area contributed by atoms with E-state index in [4.69, 9.17) is 5.11 Å². The Kier molecular flexibility index (Phi) is 4.22. The molecule has 3 heteroatoms. The fraction of sp³-hybridized carbons (Fsp3) is 0.500. The van der Waals surface area contributed by atoms with Crippen LogP contribution < -0.4 is 0 Å². The Morgan fingerprint density at radius 3 is 2.78 bits per heavy atom. The molecule has 0 aromatic rings. The van der Waals surface area contributed by atoms with Crippen molar-refractivity contribution in [1.82, 2.24) is 0 Å². The molecule has 0 radical (unpaired) electrons. The van der Waals surface area contributed by atoms with Crippen molar-refractivity contribution in [3.63, 3.8) is 0 Å². The van der Waals surface area contributed by atoms with Crippen molar-refractivity contribution in [2.75, 3.05) is 0 Å². The highest BCUT2D eigenvalue weighted by molar-refractivity contribution is 7.81. The Morgan fingerprint density at radius 1 is 1.89 bits per heavy atom. The second-order valence-electron chi connectivity index (χ2n) is 1.66. The Bertz CT molecular complexity index is 120. The van der Waals surface area contributed by atoms with Gasteiger partial charge in [-0.1, -0.05) is 12.2 Å². The molecule has 0 aromatic heterocycles. The Labute approximate surface area is 60.0 Å². The van der Waals surface area contributed by atoms with Crippen LogP contribution in [-0.2, 0) is 4.79 Å². The van der Waals surface area contributed by atoms with Crippen LogP contribution in [0.15, 0.2) is 12.2 Å². The molecule has 0 spiro atoms. The van der Waals surface area contributed by atoms with Crippen LogP contribution in [-0.4, -0.2) is 16.3 Å². The van der Waals surface area contributed by atoms with Gasteiger partial charge in [0.25, 0.3) is 0 Å². The van der Waals surface area contributed by atoms with Gasteiger partial charge < -0.3 is 5.11 Å². The molecule has 1 atom stereocenters. The second kappa shape index (κ2) is 4.44. The van der Waals surface area contributed by atoms with Crippen LogP contribution in [0.4, 0.5) is 0 Å². The molecule has 0 aliphatic rings. The first-order valence-electron chi connectivity index (χ1n) is 2.70. The number of hydrogen-bond acceptors (Lipinski definition) is 2. The molecule has 1 N–H and O–H groups in total. The molecule has 0 rings (SSSR count). The number of carbonyl (C=O) groups is 1. The van der Waals surface area contributed by atoms with Crippen molar-refractivity contribution in [3.05, 3.63) is 12.2 Å². The largest absolute Gasteiger partial charge is 0.480 e. The number of hydrogen-bond donors (Lipinski definition) is 2. The average Bonchev–Trinajstić information content (AvgIpc) is 1.82. The molecule has 2 nitrogen and oxygen atoms in total. The molecule has 9 heavy (non-hydrogen) atoms. The lowest BCUT2D eigenvalue weighted by molar-refractivity contribution is -0.136. The van der Waals surface area contributed by atoms with Crippen molar-refractivity contribution >= 4 is 18.6 Å².